The van der Waals surface area contributed by atoms with Gasteiger partial charge < -0.3 is 15.3 Å². The second kappa shape index (κ2) is 9.29. The lowest BCUT2D eigenvalue weighted by atomic mass is 10.0. The van der Waals surface area contributed by atoms with Crippen molar-refractivity contribution in [2.75, 3.05) is 23.3 Å². The van der Waals surface area contributed by atoms with Crippen molar-refractivity contribution in [1.82, 2.24) is 24.7 Å². The van der Waals surface area contributed by atoms with Gasteiger partial charge in [-0.05, 0) is 68.3 Å². The molecule has 34 heavy (non-hydrogen) atoms. The van der Waals surface area contributed by atoms with Crippen LogP contribution >= 0.6 is 0 Å². The molecule has 170 valence electrons. The molecule has 1 saturated heterocycles. The highest BCUT2D eigenvalue weighted by Crippen LogP contribution is 2.28. The molecule has 1 fully saturated rings. The predicted molar refractivity (Wildman–Crippen MR) is 129 cm³/mol. The van der Waals surface area contributed by atoms with E-state index >= 15 is 0 Å². The lowest BCUT2D eigenvalue weighted by molar-refractivity contribution is 0.145. The third kappa shape index (κ3) is 4.72. The van der Waals surface area contributed by atoms with Crippen LogP contribution in [0, 0.1) is 18.3 Å². The molecule has 0 bridgehead atoms. The molecule has 3 heterocycles. The summed E-state index contributed by atoms with van der Waals surface area (Å²) in [4.78, 5) is 15.4. The van der Waals surface area contributed by atoms with Crippen LogP contribution in [0.25, 0.3) is 16.9 Å². The molecule has 1 aliphatic heterocycles. The van der Waals surface area contributed by atoms with Gasteiger partial charge in [-0.25, -0.2) is 19.6 Å². The number of nitriles is 1. The summed E-state index contributed by atoms with van der Waals surface area (Å²) in [5.41, 5.74) is 4.87. The van der Waals surface area contributed by atoms with E-state index in [0.29, 0.717) is 17.3 Å². The summed E-state index contributed by atoms with van der Waals surface area (Å²) in [6, 6.07) is 17.6. The van der Waals surface area contributed by atoms with Gasteiger partial charge in [-0.3, -0.25) is 0 Å². The van der Waals surface area contributed by atoms with E-state index in [1.165, 1.54) is 0 Å². The van der Waals surface area contributed by atoms with Gasteiger partial charge in [0.25, 0.3) is 0 Å². The predicted octanol–water partition coefficient (Wildman–Crippen LogP) is 3.61. The first kappa shape index (κ1) is 21.6. The number of aliphatic hydroxyl groups excluding tert-OH is 1. The summed E-state index contributed by atoms with van der Waals surface area (Å²) in [7, 11) is 0. The van der Waals surface area contributed by atoms with Crippen LogP contribution in [-0.4, -0.2) is 49.0 Å². The third-order valence-corrected chi connectivity index (χ3v) is 5.82. The molecule has 2 N–H and O–H groups in total. The topological polar surface area (TPSA) is 116 Å². The van der Waals surface area contributed by atoms with Crippen LogP contribution in [0.2, 0.25) is 0 Å². The molecule has 0 spiro atoms. The minimum atomic E-state index is -0.250. The van der Waals surface area contributed by atoms with E-state index in [4.69, 9.17) is 0 Å². The SMILES string of the molecule is Cc1ncn(-c2ccc(Nc3nccc(-c4cc(C#N)cc(N5CCC(O)CC5)c4)n3)cc2)n1. The molecule has 0 unspecified atom stereocenters. The van der Waals surface area contributed by atoms with Crippen LogP contribution in [0.4, 0.5) is 17.3 Å². The van der Waals surface area contributed by atoms with Gasteiger partial charge in [-0.15, -0.1) is 0 Å². The summed E-state index contributed by atoms with van der Waals surface area (Å²) < 4.78 is 1.72. The van der Waals surface area contributed by atoms with Crippen LogP contribution in [0.3, 0.4) is 0 Å². The summed E-state index contributed by atoms with van der Waals surface area (Å²) in [5, 5.41) is 26.9. The Morgan fingerprint density at radius 2 is 1.82 bits per heavy atom. The van der Waals surface area contributed by atoms with Gasteiger partial charge in [0.2, 0.25) is 5.95 Å². The summed E-state index contributed by atoms with van der Waals surface area (Å²) in [6.45, 7) is 3.37. The van der Waals surface area contributed by atoms with Gasteiger partial charge in [0, 0.05) is 36.2 Å². The van der Waals surface area contributed by atoms with Crippen LogP contribution in [0.5, 0.6) is 0 Å². The maximum Gasteiger partial charge on any atom is 0.227 e. The lowest BCUT2D eigenvalue weighted by Gasteiger charge is -2.31. The lowest BCUT2D eigenvalue weighted by Crippen LogP contribution is -2.35. The summed E-state index contributed by atoms with van der Waals surface area (Å²) in [6.07, 6.45) is 4.58. The minimum absolute atomic E-state index is 0.250. The molecule has 4 aromatic rings. The Labute approximate surface area is 197 Å². The number of rotatable bonds is 5. The Kier molecular flexibility index (Phi) is 5.89. The molecule has 0 atom stereocenters. The molecule has 0 aliphatic carbocycles. The van der Waals surface area contributed by atoms with E-state index in [1.807, 2.05) is 55.5 Å². The van der Waals surface area contributed by atoms with Crippen molar-refractivity contribution >= 4 is 17.3 Å². The number of hydrogen-bond acceptors (Lipinski definition) is 8. The van der Waals surface area contributed by atoms with Crippen molar-refractivity contribution in [1.29, 1.82) is 5.26 Å². The first-order valence-corrected chi connectivity index (χ1v) is 11.1. The van der Waals surface area contributed by atoms with Crippen LogP contribution in [0.15, 0.2) is 61.1 Å². The first-order chi connectivity index (χ1) is 16.6. The van der Waals surface area contributed by atoms with Crippen LogP contribution in [-0.2, 0) is 0 Å². The van der Waals surface area contributed by atoms with E-state index in [-0.39, 0.29) is 6.10 Å². The number of benzene rings is 2. The second-order valence-electron chi connectivity index (χ2n) is 8.27. The number of piperidine rings is 1. The molecule has 9 nitrogen and oxygen atoms in total. The number of aryl methyl sites for hydroxylation is 1. The fourth-order valence-corrected chi connectivity index (χ4v) is 4.01. The zero-order chi connectivity index (χ0) is 23.5. The second-order valence-corrected chi connectivity index (χ2v) is 8.27. The fraction of sp³-hybridized carbons (Fsp3) is 0.240. The zero-order valence-electron chi connectivity index (χ0n) is 18.8. The number of nitrogens with zero attached hydrogens (tertiary/aromatic N) is 7. The van der Waals surface area contributed by atoms with Crippen LogP contribution in [0.1, 0.15) is 24.2 Å². The molecule has 1 aliphatic rings. The maximum absolute atomic E-state index is 9.82. The van der Waals surface area contributed by atoms with Gasteiger partial charge >= 0.3 is 0 Å². The largest absolute Gasteiger partial charge is 0.393 e. The highest BCUT2D eigenvalue weighted by Gasteiger charge is 2.18. The molecular formula is C25H24N8O. The molecule has 9 heteroatoms. The van der Waals surface area contributed by atoms with Crippen molar-refractivity contribution in [2.24, 2.45) is 0 Å². The van der Waals surface area contributed by atoms with Gasteiger partial charge in [-0.1, -0.05) is 0 Å². The van der Waals surface area contributed by atoms with Crippen molar-refractivity contribution < 1.29 is 5.11 Å². The van der Waals surface area contributed by atoms with Crippen molar-refractivity contribution in [2.45, 2.75) is 25.9 Å². The fourth-order valence-electron chi connectivity index (χ4n) is 4.01. The maximum atomic E-state index is 9.82. The number of aromatic nitrogens is 5. The quantitative estimate of drug-likeness (QED) is 0.472. The molecule has 2 aromatic heterocycles. The summed E-state index contributed by atoms with van der Waals surface area (Å²) in [5.74, 6) is 1.18. The Bertz CT molecular complexity index is 1330. The molecule has 2 aromatic carbocycles. The Morgan fingerprint density at radius 1 is 1.03 bits per heavy atom. The smallest absolute Gasteiger partial charge is 0.227 e. The van der Waals surface area contributed by atoms with E-state index in [2.05, 4.69) is 36.3 Å². The van der Waals surface area contributed by atoms with Crippen molar-refractivity contribution in [3.63, 3.8) is 0 Å². The first-order valence-electron chi connectivity index (χ1n) is 11.1. The summed E-state index contributed by atoms with van der Waals surface area (Å²) >= 11 is 0. The Hall–Kier alpha value is -4.29. The van der Waals surface area contributed by atoms with Gasteiger partial charge in [0.1, 0.15) is 12.2 Å². The van der Waals surface area contributed by atoms with Crippen molar-refractivity contribution in [3.8, 4) is 23.0 Å². The normalized spacial score (nSPS) is 14.1. The molecule has 0 amide bonds. The number of anilines is 3. The van der Waals surface area contributed by atoms with Gasteiger partial charge in [0.05, 0.1) is 29.1 Å². The third-order valence-electron chi connectivity index (χ3n) is 5.82. The standard InChI is InChI=1S/C25H24N8O/c1-17-28-16-33(31-17)21-4-2-20(3-5-21)29-25-27-9-6-24(30-25)19-12-18(15-26)13-22(14-19)32-10-7-23(34)8-11-32/h2-6,9,12-14,16,23,34H,7-8,10-11H2,1H3,(H,27,29,30). The molecule has 5 rings (SSSR count). The molecule has 0 saturated carbocycles. The highest BCUT2D eigenvalue weighted by atomic mass is 16.3. The van der Waals surface area contributed by atoms with E-state index in [0.717, 1.165) is 54.3 Å². The molecule has 0 radical (unpaired) electrons. The number of hydrogen-bond donors (Lipinski definition) is 2. The van der Waals surface area contributed by atoms with Gasteiger partial charge in [-0.2, -0.15) is 10.4 Å². The van der Waals surface area contributed by atoms with E-state index < -0.39 is 0 Å². The minimum Gasteiger partial charge on any atom is -0.393 e. The van der Waals surface area contributed by atoms with Crippen molar-refractivity contribution in [3.05, 3.63) is 72.4 Å². The highest BCUT2D eigenvalue weighted by molar-refractivity contribution is 5.70. The van der Waals surface area contributed by atoms with E-state index in [1.54, 1.807) is 17.2 Å². The average molecular weight is 453 g/mol. The molecular weight excluding hydrogens is 428 g/mol. The van der Waals surface area contributed by atoms with E-state index in [9.17, 15) is 10.4 Å². The number of nitrogens with one attached hydrogen (secondary N) is 1. The zero-order valence-corrected chi connectivity index (χ0v) is 18.8. The monoisotopic (exact) mass is 452 g/mol. The van der Waals surface area contributed by atoms with Crippen LogP contribution < -0.4 is 10.2 Å². The number of aliphatic hydroxyl groups is 1. The average Bonchev–Trinajstić information content (AvgIpc) is 3.31. The van der Waals surface area contributed by atoms with Gasteiger partial charge in [0.15, 0.2) is 0 Å². The Morgan fingerprint density at radius 3 is 2.53 bits per heavy atom. The Balaban J connectivity index is 1.37.